The molecule has 0 amide bonds. The summed E-state index contributed by atoms with van der Waals surface area (Å²) in [5.74, 6) is 0.174. The molecule has 2 rings (SSSR count). The third-order valence-electron chi connectivity index (χ3n) is 4.94. The Balaban J connectivity index is 0.00000450. The summed E-state index contributed by atoms with van der Waals surface area (Å²) in [6.45, 7) is 2.22. The molecule has 0 fully saturated rings. The Morgan fingerprint density at radius 2 is 1.50 bits per heavy atom. The quantitative estimate of drug-likeness (QED) is 0.283. The SMILES string of the molecule is CCCCCCCCCCCc1cccc(Oc2cccc(S(=O)(=O)O)c2)c1[O-].[K+]. The Kier molecular flexibility index (Phi) is 13.5. The van der Waals surface area contributed by atoms with E-state index in [1.54, 1.807) is 18.2 Å². The molecule has 160 valence electrons. The first kappa shape index (κ1) is 27.6. The fraction of sp³-hybridized carbons (Fsp3) is 0.478. The summed E-state index contributed by atoms with van der Waals surface area (Å²) in [6.07, 6.45) is 11.8. The molecule has 0 heterocycles. The van der Waals surface area contributed by atoms with Crippen molar-refractivity contribution >= 4 is 10.1 Å². The summed E-state index contributed by atoms with van der Waals surface area (Å²) in [5.41, 5.74) is 0.705. The summed E-state index contributed by atoms with van der Waals surface area (Å²) in [6, 6.07) is 10.6. The van der Waals surface area contributed by atoms with E-state index in [1.165, 1.54) is 63.1 Å². The van der Waals surface area contributed by atoms with E-state index >= 15 is 0 Å². The molecule has 0 aliphatic rings. The third kappa shape index (κ3) is 9.81. The van der Waals surface area contributed by atoms with Gasteiger partial charge in [-0.2, -0.15) is 8.42 Å². The molecule has 0 saturated carbocycles. The Hall–Kier alpha value is -0.414. The predicted molar refractivity (Wildman–Crippen MR) is 113 cm³/mol. The Morgan fingerprint density at radius 3 is 2.13 bits per heavy atom. The van der Waals surface area contributed by atoms with Gasteiger partial charge in [0.2, 0.25) is 0 Å². The second-order valence-corrected chi connectivity index (χ2v) is 8.80. The van der Waals surface area contributed by atoms with Crippen LogP contribution in [0.2, 0.25) is 0 Å². The Labute approximate surface area is 223 Å². The molecule has 0 radical (unpaired) electrons. The average molecular weight is 459 g/mol. The Bertz CT molecular complexity index is 868. The van der Waals surface area contributed by atoms with Crippen molar-refractivity contribution < 1.29 is 74.2 Å². The van der Waals surface area contributed by atoms with Crippen molar-refractivity contribution in [2.45, 2.75) is 76.0 Å². The molecule has 30 heavy (non-hydrogen) atoms. The van der Waals surface area contributed by atoms with Gasteiger partial charge in [-0.1, -0.05) is 87.8 Å². The number of rotatable bonds is 13. The van der Waals surface area contributed by atoms with Crippen molar-refractivity contribution in [3.63, 3.8) is 0 Å². The molecule has 0 aliphatic heterocycles. The molecule has 0 aliphatic carbocycles. The van der Waals surface area contributed by atoms with Crippen LogP contribution >= 0.6 is 0 Å². The minimum atomic E-state index is -4.32. The van der Waals surface area contributed by atoms with Crippen LogP contribution in [0.5, 0.6) is 17.2 Å². The molecule has 1 N–H and O–H groups in total. The van der Waals surface area contributed by atoms with E-state index < -0.39 is 10.1 Å². The van der Waals surface area contributed by atoms with E-state index in [1.807, 2.05) is 6.07 Å². The minimum Gasteiger partial charge on any atom is -0.870 e. The molecule has 0 atom stereocenters. The van der Waals surface area contributed by atoms with Gasteiger partial charge in [-0.15, -0.1) is 0 Å². The third-order valence-corrected chi connectivity index (χ3v) is 5.79. The standard InChI is InChI=1S/C23H32O5S.K/c1-2-3-4-5-6-7-8-9-10-13-19-14-11-17-22(23(19)24)28-20-15-12-16-21(18-20)29(25,26)27;/h11-12,14-18,24H,2-10,13H2,1H3,(H,25,26,27);/q;+1/p-1. The molecule has 0 spiro atoms. The maximum Gasteiger partial charge on any atom is 1.00 e. The van der Waals surface area contributed by atoms with E-state index in [4.69, 9.17) is 9.29 Å². The normalized spacial score (nSPS) is 11.1. The van der Waals surface area contributed by atoms with Gasteiger partial charge in [0.25, 0.3) is 10.1 Å². The monoisotopic (exact) mass is 458 g/mol. The van der Waals surface area contributed by atoms with E-state index in [0.717, 1.165) is 12.8 Å². The van der Waals surface area contributed by atoms with E-state index in [9.17, 15) is 13.5 Å². The van der Waals surface area contributed by atoms with Gasteiger partial charge in [-0.25, -0.2) is 0 Å². The maximum atomic E-state index is 12.6. The van der Waals surface area contributed by atoms with E-state index in [2.05, 4.69) is 6.92 Å². The second-order valence-electron chi connectivity index (χ2n) is 7.37. The van der Waals surface area contributed by atoms with Crippen molar-refractivity contribution in [1.82, 2.24) is 0 Å². The molecule has 0 saturated heterocycles. The number of ether oxygens (including phenoxy) is 1. The molecular formula is C23H31KO5S. The molecular weight excluding hydrogens is 427 g/mol. The smallest absolute Gasteiger partial charge is 0.870 e. The number of hydrogen-bond donors (Lipinski definition) is 1. The molecule has 7 heteroatoms. The number of hydrogen-bond acceptors (Lipinski definition) is 4. The van der Waals surface area contributed by atoms with Crippen LogP contribution in [0, 0.1) is 0 Å². The van der Waals surface area contributed by atoms with Crippen LogP contribution in [0.1, 0.15) is 70.3 Å². The number of para-hydroxylation sites is 1. The molecule has 0 unspecified atom stereocenters. The first-order chi connectivity index (χ1) is 13.9. The van der Waals surface area contributed by atoms with Crippen LogP contribution in [0.25, 0.3) is 0 Å². The van der Waals surface area contributed by atoms with Gasteiger partial charge in [0.05, 0.1) is 4.90 Å². The van der Waals surface area contributed by atoms with E-state index in [-0.39, 0.29) is 73.5 Å². The molecule has 5 nitrogen and oxygen atoms in total. The van der Waals surface area contributed by atoms with Crippen molar-refractivity contribution in [2.24, 2.45) is 0 Å². The van der Waals surface area contributed by atoms with Crippen molar-refractivity contribution in [3.05, 3.63) is 48.0 Å². The first-order valence-corrected chi connectivity index (χ1v) is 11.9. The zero-order valence-corrected chi connectivity index (χ0v) is 22.0. The fourth-order valence-electron chi connectivity index (χ4n) is 3.29. The van der Waals surface area contributed by atoms with Crippen LogP contribution < -0.4 is 61.2 Å². The summed E-state index contributed by atoms with van der Waals surface area (Å²) in [4.78, 5) is -0.270. The first-order valence-electron chi connectivity index (χ1n) is 10.5. The summed E-state index contributed by atoms with van der Waals surface area (Å²) in [5, 5.41) is 12.6. The average Bonchev–Trinajstić information content (AvgIpc) is 2.69. The topological polar surface area (TPSA) is 86.7 Å². The molecule has 2 aromatic rings. The molecule has 0 aromatic heterocycles. The number of benzene rings is 2. The number of aryl methyl sites for hydroxylation is 1. The minimum absolute atomic E-state index is 0. The van der Waals surface area contributed by atoms with E-state index in [0.29, 0.717) is 12.0 Å². The van der Waals surface area contributed by atoms with Gasteiger partial charge >= 0.3 is 51.4 Å². The van der Waals surface area contributed by atoms with Gasteiger partial charge in [0, 0.05) is 6.07 Å². The molecule has 2 aromatic carbocycles. The Morgan fingerprint density at radius 1 is 0.900 bits per heavy atom. The van der Waals surface area contributed by atoms with Crippen LogP contribution in [0.3, 0.4) is 0 Å². The maximum absolute atomic E-state index is 12.6. The number of unbranched alkanes of at least 4 members (excludes halogenated alkanes) is 8. The van der Waals surface area contributed by atoms with Crippen molar-refractivity contribution in [2.75, 3.05) is 0 Å². The van der Waals surface area contributed by atoms with Gasteiger partial charge in [-0.05, 0) is 31.0 Å². The zero-order chi connectivity index (χ0) is 21.1. The van der Waals surface area contributed by atoms with Gasteiger partial charge < -0.3 is 9.84 Å². The van der Waals surface area contributed by atoms with Gasteiger partial charge in [0.15, 0.2) is 0 Å². The van der Waals surface area contributed by atoms with Crippen molar-refractivity contribution in [1.29, 1.82) is 0 Å². The van der Waals surface area contributed by atoms with Crippen LogP contribution in [0.4, 0.5) is 0 Å². The second kappa shape index (κ2) is 14.6. The van der Waals surface area contributed by atoms with Crippen molar-refractivity contribution in [3.8, 4) is 17.2 Å². The summed E-state index contributed by atoms with van der Waals surface area (Å²) < 4.78 is 37.2. The van der Waals surface area contributed by atoms with Gasteiger partial charge in [0.1, 0.15) is 11.5 Å². The van der Waals surface area contributed by atoms with Gasteiger partial charge in [-0.3, -0.25) is 4.55 Å². The van der Waals surface area contributed by atoms with Crippen LogP contribution in [0.15, 0.2) is 47.4 Å². The zero-order valence-electron chi connectivity index (χ0n) is 18.1. The summed E-state index contributed by atoms with van der Waals surface area (Å²) >= 11 is 0. The summed E-state index contributed by atoms with van der Waals surface area (Å²) in [7, 11) is -4.32. The fourth-order valence-corrected chi connectivity index (χ4v) is 3.81. The molecule has 0 bridgehead atoms. The van der Waals surface area contributed by atoms with Crippen LogP contribution in [-0.2, 0) is 16.5 Å². The predicted octanol–water partition coefficient (Wildman–Crippen LogP) is 2.88. The van der Waals surface area contributed by atoms with Crippen LogP contribution in [-0.4, -0.2) is 13.0 Å². The largest absolute Gasteiger partial charge is 1.00 e.